The molecule has 0 heterocycles. The number of hydrogen-bond donors (Lipinski definition) is 3. The zero-order chi connectivity index (χ0) is 24.2. The molecule has 0 aromatic heterocycles. The number of aliphatic hydroxyl groups excluding tert-OH is 3. The van der Waals surface area contributed by atoms with Gasteiger partial charge in [0.1, 0.15) is 0 Å². The molecule has 0 bridgehead atoms. The first-order valence-electron chi connectivity index (χ1n) is 13.4. The standard InChI is InChI=1S/C30H48O3/c1-20(8-7-9-21(18-31)19-32)22-12-16-30(6)24-10-11-25-27(2,3)26(33)14-15-28(25,4)23(24)13-17-29(22,30)5/h9-10,13,20,22,25-26,31-33H,7-8,11-12,14-19H2,1-6H3. The van der Waals surface area contributed by atoms with E-state index < -0.39 is 0 Å². The summed E-state index contributed by atoms with van der Waals surface area (Å²) in [5.74, 6) is 1.82. The Morgan fingerprint density at radius 1 is 1.03 bits per heavy atom. The Morgan fingerprint density at radius 2 is 1.73 bits per heavy atom. The van der Waals surface area contributed by atoms with Crippen LogP contribution in [-0.2, 0) is 0 Å². The number of aliphatic hydroxyl groups is 3. The summed E-state index contributed by atoms with van der Waals surface area (Å²) in [7, 11) is 0. The number of fused-ring (bicyclic) bond motifs is 5. The lowest BCUT2D eigenvalue weighted by Gasteiger charge is -2.61. The van der Waals surface area contributed by atoms with E-state index in [1.807, 2.05) is 6.08 Å². The van der Waals surface area contributed by atoms with Gasteiger partial charge in [0.05, 0.1) is 19.3 Å². The minimum atomic E-state index is -0.196. The Hall–Kier alpha value is -0.900. The smallest absolute Gasteiger partial charge is 0.0663 e. The topological polar surface area (TPSA) is 60.7 Å². The lowest BCUT2D eigenvalue weighted by atomic mass is 9.44. The average Bonchev–Trinajstić information content (AvgIpc) is 3.05. The second kappa shape index (κ2) is 8.64. The first-order chi connectivity index (χ1) is 15.5. The fourth-order valence-electron chi connectivity index (χ4n) is 8.87. The maximum absolute atomic E-state index is 10.8. The zero-order valence-corrected chi connectivity index (χ0v) is 22.0. The molecule has 33 heavy (non-hydrogen) atoms. The van der Waals surface area contributed by atoms with Crippen LogP contribution >= 0.6 is 0 Å². The third-order valence-electron chi connectivity index (χ3n) is 11.4. The van der Waals surface area contributed by atoms with E-state index in [2.05, 4.69) is 53.7 Å². The molecule has 0 spiro atoms. The molecule has 7 unspecified atom stereocenters. The molecule has 2 fully saturated rings. The highest BCUT2D eigenvalue weighted by Gasteiger charge is 2.62. The summed E-state index contributed by atoms with van der Waals surface area (Å²) in [5, 5.41) is 29.5. The average molecular weight is 457 g/mol. The van der Waals surface area contributed by atoms with Crippen LogP contribution < -0.4 is 0 Å². The Bertz CT molecular complexity index is 845. The summed E-state index contributed by atoms with van der Waals surface area (Å²) < 4.78 is 0. The van der Waals surface area contributed by atoms with Gasteiger partial charge < -0.3 is 15.3 Å². The van der Waals surface area contributed by atoms with Gasteiger partial charge in [0.2, 0.25) is 0 Å². The first kappa shape index (κ1) is 25.2. The van der Waals surface area contributed by atoms with Crippen LogP contribution in [0.1, 0.15) is 92.9 Å². The molecule has 7 atom stereocenters. The van der Waals surface area contributed by atoms with Crippen LogP contribution in [0.2, 0.25) is 0 Å². The number of hydrogen-bond acceptors (Lipinski definition) is 3. The summed E-state index contributed by atoms with van der Waals surface area (Å²) in [6.07, 6.45) is 15.9. The molecular formula is C30H48O3. The molecule has 4 aliphatic carbocycles. The summed E-state index contributed by atoms with van der Waals surface area (Å²) in [6, 6.07) is 0. The molecular weight excluding hydrogens is 408 g/mol. The predicted octanol–water partition coefficient (Wildman–Crippen LogP) is 6.20. The van der Waals surface area contributed by atoms with Crippen LogP contribution in [-0.4, -0.2) is 34.6 Å². The van der Waals surface area contributed by atoms with Crippen LogP contribution in [0.15, 0.2) is 34.9 Å². The Morgan fingerprint density at radius 3 is 2.39 bits per heavy atom. The van der Waals surface area contributed by atoms with Gasteiger partial charge in [-0.15, -0.1) is 0 Å². The van der Waals surface area contributed by atoms with Crippen molar-refractivity contribution in [1.82, 2.24) is 0 Å². The van der Waals surface area contributed by atoms with Crippen molar-refractivity contribution in [2.24, 2.45) is 39.4 Å². The normalized spacial score (nSPS) is 42.4. The molecule has 186 valence electrons. The monoisotopic (exact) mass is 456 g/mol. The Kier molecular flexibility index (Phi) is 6.60. The summed E-state index contributed by atoms with van der Waals surface area (Å²) >= 11 is 0. The van der Waals surface area contributed by atoms with Crippen LogP contribution in [0, 0.1) is 39.4 Å². The van der Waals surface area contributed by atoms with Crippen molar-refractivity contribution in [2.45, 2.75) is 99.0 Å². The molecule has 0 aromatic carbocycles. The van der Waals surface area contributed by atoms with Crippen molar-refractivity contribution in [3.63, 3.8) is 0 Å². The van der Waals surface area contributed by atoms with Gasteiger partial charge in [-0.25, -0.2) is 0 Å². The van der Waals surface area contributed by atoms with Gasteiger partial charge in [0, 0.05) is 0 Å². The molecule has 4 rings (SSSR count). The molecule has 4 aliphatic rings. The Balaban J connectivity index is 1.60. The van der Waals surface area contributed by atoms with E-state index in [-0.39, 0.29) is 41.0 Å². The van der Waals surface area contributed by atoms with Gasteiger partial charge in [0.25, 0.3) is 0 Å². The first-order valence-corrected chi connectivity index (χ1v) is 13.4. The molecule has 3 heteroatoms. The summed E-state index contributed by atoms with van der Waals surface area (Å²) in [4.78, 5) is 0. The minimum Gasteiger partial charge on any atom is -0.393 e. The molecule has 0 radical (unpaired) electrons. The van der Waals surface area contributed by atoms with Crippen LogP contribution in [0.3, 0.4) is 0 Å². The summed E-state index contributed by atoms with van der Waals surface area (Å²) in [5.41, 5.74) is 4.63. The zero-order valence-electron chi connectivity index (χ0n) is 22.0. The molecule has 0 amide bonds. The maximum Gasteiger partial charge on any atom is 0.0663 e. The van der Waals surface area contributed by atoms with Crippen molar-refractivity contribution >= 4 is 0 Å². The van der Waals surface area contributed by atoms with Crippen molar-refractivity contribution in [3.8, 4) is 0 Å². The Labute approximate surface area is 202 Å². The minimum absolute atomic E-state index is 0.0419. The molecule has 2 saturated carbocycles. The SMILES string of the molecule is CC(CCC=C(CO)CO)C1CCC2(C)C3=CCC4C(C)(CCC(O)C4(C)C)C3=CCC12C. The van der Waals surface area contributed by atoms with E-state index in [1.54, 1.807) is 11.1 Å². The van der Waals surface area contributed by atoms with Crippen LogP contribution in [0.25, 0.3) is 0 Å². The van der Waals surface area contributed by atoms with E-state index in [4.69, 9.17) is 0 Å². The number of rotatable bonds is 6. The summed E-state index contributed by atoms with van der Waals surface area (Å²) in [6.45, 7) is 14.5. The third kappa shape index (κ3) is 3.64. The molecule has 3 N–H and O–H groups in total. The largest absolute Gasteiger partial charge is 0.393 e. The van der Waals surface area contributed by atoms with E-state index in [0.29, 0.717) is 17.8 Å². The highest BCUT2D eigenvalue weighted by Crippen LogP contribution is 2.71. The van der Waals surface area contributed by atoms with Crippen molar-refractivity contribution in [3.05, 3.63) is 34.9 Å². The fourth-order valence-corrected chi connectivity index (χ4v) is 8.87. The van der Waals surface area contributed by atoms with E-state index in [0.717, 1.165) is 44.1 Å². The van der Waals surface area contributed by atoms with E-state index in [9.17, 15) is 15.3 Å². The van der Waals surface area contributed by atoms with Crippen molar-refractivity contribution < 1.29 is 15.3 Å². The van der Waals surface area contributed by atoms with E-state index >= 15 is 0 Å². The van der Waals surface area contributed by atoms with Gasteiger partial charge in [-0.1, -0.05) is 59.8 Å². The second-order valence-electron chi connectivity index (χ2n) is 13.1. The van der Waals surface area contributed by atoms with Crippen LogP contribution in [0.5, 0.6) is 0 Å². The van der Waals surface area contributed by atoms with Gasteiger partial charge in [-0.3, -0.25) is 0 Å². The maximum atomic E-state index is 10.8. The van der Waals surface area contributed by atoms with Gasteiger partial charge >= 0.3 is 0 Å². The molecule has 0 aliphatic heterocycles. The molecule has 3 nitrogen and oxygen atoms in total. The highest BCUT2D eigenvalue weighted by atomic mass is 16.3. The predicted molar refractivity (Wildman–Crippen MR) is 136 cm³/mol. The van der Waals surface area contributed by atoms with Crippen molar-refractivity contribution in [1.29, 1.82) is 0 Å². The highest BCUT2D eigenvalue weighted by molar-refractivity contribution is 5.49. The lowest BCUT2D eigenvalue weighted by molar-refractivity contribution is -0.0851. The van der Waals surface area contributed by atoms with Crippen molar-refractivity contribution in [2.75, 3.05) is 13.2 Å². The quantitative estimate of drug-likeness (QED) is 0.417. The number of allylic oxidation sites excluding steroid dienone is 5. The van der Waals surface area contributed by atoms with Gasteiger partial charge in [-0.2, -0.15) is 0 Å². The van der Waals surface area contributed by atoms with Crippen LogP contribution in [0.4, 0.5) is 0 Å². The lowest BCUT2D eigenvalue weighted by Crippen LogP contribution is -2.54. The second-order valence-corrected chi connectivity index (χ2v) is 13.1. The molecule has 0 saturated heterocycles. The van der Waals surface area contributed by atoms with Gasteiger partial charge in [0.15, 0.2) is 0 Å². The third-order valence-corrected chi connectivity index (χ3v) is 11.4. The van der Waals surface area contributed by atoms with E-state index in [1.165, 1.54) is 12.8 Å². The fraction of sp³-hybridized carbons (Fsp3) is 0.800. The van der Waals surface area contributed by atoms with Gasteiger partial charge in [-0.05, 0) is 107 Å². The molecule has 0 aromatic rings.